The lowest BCUT2D eigenvalue weighted by molar-refractivity contribution is 0.256. The Morgan fingerprint density at radius 3 is 1.77 bits per heavy atom. The Labute approximate surface area is 205 Å². The number of nitrogens with zero attached hydrogens (tertiary/aromatic N) is 3. The summed E-state index contributed by atoms with van der Waals surface area (Å²) in [6.45, 7) is 17.2. The lowest BCUT2D eigenvalue weighted by Crippen LogP contribution is -2.35. The molecule has 0 saturated carbocycles. The lowest BCUT2D eigenvalue weighted by atomic mass is 10.3. The molecule has 0 bridgehead atoms. The molecule has 1 aliphatic rings. The highest BCUT2D eigenvalue weighted by Crippen LogP contribution is 2.63. The molecule has 0 aromatic rings. The van der Waals surface area contributed by atoms with E-state index in [1.165, 1.54) is 51.0 Å². The van der Waals surface area contributed by atoms with Crippen LogP contribution in [0.4, 0.5) is 0 Å². The molecule has 5 nitrogen and oxygen atoms in total. The van der Waals surface area contributed by atoms with E-state index >= 15 is 0 Å². The molecule has 1 heterocycles. The second kappa shape index (κ2) is 16.9. The first-order valence-electron chi connectivity index (χ1n) is 11.5. The van der Waals surface area contributed by atoms with Crippen LogP contribution in [0.15, 0.2) is 4.99 Å². The van der Waals surface area contributed by atoms with Gasteiger partial charge in [0.05, 0.1) is 12.9 Å². The highest BCUT2D eigenvalue weighted by atomic mass is 32.5. The smallest absolute Gasteiger partial charge is 0.223 e. The molecule has 13 heteroatoms. The molecule has 0 N–H and O–H groups in total. The summed E-state index contributed by atoms with van der Waals surface area (Å²) < 4.78 is 12.5. The van der Waals surface area contributed by atoms with E-state index in [-0.39, 0.29) is 13.7 Å². The van der Waals surface area contributed by atoms with Gasteiger partial charge in [0.1, 0.15) is 0 Å². The Bertz CT molecular complexity index is 497. The normalized spacial score (nSPS) is 18.4. The van der Waals surface area contributed by atoms with Crippen molar-refractivity contribution in [2.75, 3.05) is 52.5 Å². The molecular weight excluding hydrogens is 532 g/mol. The van der Waals surface area contributed by atoms with E-state index in [0.29, 0.717) is 0 Å². The Hall–Kier alpha value is 2.36. The van der Waals surface area contributed by atoms with Crippen LogP contribution in [-0.2, 0) is 8.85 Å². The van der Waals surface area contributed by atoms with Crippen molar-refractivity contribution in [1.29, 1.82) is 0 Å². The number of rotatable bonds is 18. The Morgan fingerprint density at radius 1 is 0.903 bits per heavy atom. The van der Waals surface area contributed by atoms with E-state index < -0.39 is 16.0 Å². The van der Waals surface area contributed by atoms with Crippen molar-refractivity contribution in [2.45, 2.75) is 58.3 Å². The summed E-state index contributed by atoms with van der Waals surface area (Å²) in [5, 5.41) is 0. The van der Waals surface area contributed by atoms with Crippen LogP contribution in [-0.4, -0.2) is 84.6 Å². The third-order valence-corrected chi connectivity index (χ3v) is 40.8. The standard InChI is InChI=1S/C18H47N3O2P6Si2/c1-5-22-30(3,28(24)25)16-8-13-20(11-7-12-21-15-10-19-18-21)14-9-17-31(4,23-6-2)29(26)27/h18H,5-17,24-27H2,1-4H3. The third-order valence-electron chi connectivity index (χ3n) is 5.91. The van der Waals surface area contributed by atoms with E-state index in [1.807, 2.05) is 6.34 Å². The van der Waals surface area contributed by atoms with Gasteiger partial charge in [-0.05, 0) is 77.9 Å². The summed E-state index contributed by atoms with van der Waals surface area (Å²) in [7, 11) is 8.92. The lowest BCUT2D eigenvalue weighted by Gasteiger charge is -2.33. The van der Waals surface area contributed by atoms with Gasteiger partial charge in [0.2, 0.25) is 16.0 Å². The molecule has 0 aromatic heterocycles. The quantitative estimate of drug-likeness (QED) is 0.144. The predicted molar refractivity (Wildman–Crippen MR) is 164 cm³/mol. The van der Waals surface area contributed by atoms with Crippen molar-refractivity contribution < 1.29 is 8.85 Å². The van der Waals surface area contributed by atoms with Crippen molar-refractivity contribution in [2.24, 2.45) is 4.99 Å². The molecule has 0 saturated heterocycles. The molecule has 6 unspecified atom stereocenters. The first kappa shape index (κ1) is 31.4. The molecule has 0 fully saturated rings. The monoisotopic (exact) mass is 579 g/mol. The zero-order valence-electron chi connectivity index (χ0n) is 20.1. The number of hydrogen-bond acceptors (Lipinski definition) is 5. The summed E-state index contributed by atoms with van der Waals surface area (Å²) in [4.78, 5) is 9.42. The predicted octanol–water partition coefficient (Wildman–Crippen LogP) is 6.14. The Morgan fingerprint density at radius 2 is 1.39 bits per heavy atom. The van der Waals surface area contributed by atoms with Crippen LogP contribution in [0.25, 0.3) is 0 Å². The Balaban J connectivity index is 2.57. The van der Waals surface area contributed by atoms with Crippen LogP contribution >= 0.6 is 49.4 Å². The Kier molecular flexibility index (Phi) is 17.1. The van der Waals surface area contributed by atoms with Crippen molar-refractivity contribution in [3.63, 3.8) is 0 Å². The van der Waals surface area contributed by atoms with Crippen LogP contribution in [0, 0.1) is 0 Å². The highest BCUT2D eigenvalue weighted by molar-refractivity contribution is 8.57. The summed E-state index contributed by atoms with van der Waals surface area (Å²) in [6.07, 6.45) is 5.74. The molecule has 0 radical (unpaired) electrons. The van der Waals surface area contributed by atoms with Crippen LogP contribution < -0.4 is 0 Å². The van der Waals surface area contributed by atoms with Gasteiger partial charge < -0.3 is 18.7 Å². The molecule has 0 spiro atoms. The van der Waals surface area contributed by atoms with Gasteiger partial charge in [-0.1, -0.05) is 13.7 Å². The van der Waals surface area contributed by atoms with Gasteiger partial charge >= 0.3 is 0 Å². The molecule has 1 rings (SSSR count). The van der Waals surface area contributed by atoms with Gasteiger partial charge in [-0.2, -0.15) is 0 Å². The minimum absolute atomic E-state index is 0.141. The van der Waals surface area contributed by atoms with Crippen molar-refractivity contribution >= 4 is 71.7 Å². The number of aliphatic imine (C=N–C) groups is 1. The van der Waals surface area contributed by atoms with Crippen molar-refractivity contribution in [3.05, 3.63) is 0 Å². The zero-order valence-corrected chi connectivity index (χ0v) is 28.5. The van der Waals surface area contributed by atoms with Crippen LogP contribution in [0.2, 0.25) is 25.2 Å². The van der Waals surface area contributed by atoms with E-state index in [4.69, 9.17) is 8.85 Å². The minimum atomic E-state index is -1.61. The molecule has 0 aromatic carbocycles. The molecular formula is C18H47N3O2P6Si2. The first-order valence-corrected chi connectivity index (χ1v) is 27.6. The van der Waals surface area contributed by atoms with E-state index in [9.17, 15) is 0 Å². The minimum Gasteiger partial charge on any atom is -0.412 e. The summed E-state index contributed by atoms with van der Waals surface area (Å²) in [5.41, 5.74) is 0. The van der Waals surface area contributed by atoms with Gasteiger partial charge in [0.15, 0.2) is 0 Å². The van der Waals surface area contributed by atoms with E-state index in [1.54, 1.807) is 0 Å². The van der Waals surface area contributed by atoms with Crippen LogP contribution in [0.3, 0.4) is 0 Å². The van der Waals surface area contributed by atoms with E-state index in [2.05, 4.69) is 77.4 Å². The zero-order chi connectivity index (χ0) is 23.3. The second-order valence-corrected chi connectivity index (χ2v) is 41.6. The summed E-state index contributed by atoms with van der Waals surface area (Å²) in [5.74, 6) is 0. The van der Waals surface area contributed by atoms with Gasteiger partial charge in [-0.25, -0.2) is 0 Å². The number of hydrogen-bond donors (Lipinski definition) is 0. The average molecular weight is 580 g/mol. The molecule has 6 atom stereocenters. The maximum atomic E-state index is 6.27. The maximum absolute atomic E-state index is 6.27. The van der Waals surface area contributed by atoms with Crippen LogP contribution in [0.5, 0.6) is 0 Å². The third kappa shape index (κ3) is 12.2. The molecule has 1 aliphatic heterocycles. The maximum Gasteiger partial charge on any atom is 0.223 e. The highest BCUT2D eigenvalue weighted by Gasteiger charge is 2.34. The largest absolute Gasteiger partial charge is 0.412 e. The van der Waals surface area contributed by atoms with Gasteiger partial charge in [0.25, 0.3) is 0 Å². The van der Waals surface area contributed by atoms with Gasteiger partial charge in [-0.3, -0.25) is 4.99 Å². The van der Waals surface area contributed by atoms with Crippen molar-refractivity contribution in [3.8, 4) is 0 Å². The molecule has 0 amide bonds. The fraction of sp³-hybridized carbons (Fsp3) is 0.944. The molecule has 0 aliphatic carbocycles. The summed E-state index contributed by atoms with van der Waals surface area (Å²) >= 11 is 0. The van der Waals surface area contributed by atoms with Gasteiger partial charge in [0, 0.05) is 26.3 Å². The van der Waals surface area contributed by atoms with Crippen LogP contribution in [0.1, 0.15) is 33.1 Å². The molecule has 31 heavy (non-hydrogen) atoms. The fourth-order valence-corrected chi connectivity index (χ4v) is 19.3. The SMILES string of the molecule is CCO[Si](C)(CCCN(CCCN1C=NCC1)CCC[Si](C)(OCC)P(P)P)P(P)P. The average Bonchev–Trinajstić information content (AvgIpc) is 3.21. The molecule has 184 valence electrons. The van der Waals surface area contributed by atoms with E-state index in [0.717, 1.165) is 32.8 Å². The fourth-order valence-electron chi connectivity index (χ4n) is 3.85. The second-order valence-electron chi connectivity index (χ2n) is 8.49. The summed E-state index contributed by atoms with van der Waals surface area (Å²) in [6, 6.07) is 2.51. The van der Waals surface area contributed by atoms with Gasteiger partial charge in [-0.15, -0.1) is 35.7 Å². The first-order chi connectivity index (χ1) is 14.7. The topological polar surface area (TPSA) is 37.3 Å². The van der Waals surface area contributed by atoms with Crippen molar-refractivity contribution in [1.82, 2.24) is 9.80 Å².